The smallest absolute Gasteiger partial charge is 0.155 e. The maximum atomic E-state index is 12.3. The van der Waals surface area contributed by atoms with E-state index in [0.29, 0.717) is 54.4 Å². The van der Waals surface area contributed by atoms with E-state index in [1.807, 2.05) is 30.3 Å². The van der Waals surface area contributed by atoms with Crippen molar-refractivity contribution in [3.63, 3.8) is 0 Å². The van der Waals surface area contributed by atoms with Crippen molar-refractivity contribution in [2.75, 3.05) is 6.61 Å². The van der Waals surface area contributed by atoms with Gasteiger partial charge < -0.3 is 10.2 Å². The van der Waals surface area contributed by atoms with Crippen molar-refractivity contribution < 1.29 is 15.0 Å². The molecule has 2 aromatic rings. The van der Waals surface area contributed by atoms with Gasteiger partial charge in [0, 0.05) is 18.4 Å². The molecular weight excluding hydrogens is 470 g/mol. The van der Waals surface area contributed by atoms with Crippen LogP contribution in [-0.4, -0.2) is 28.2 Å². The predicted molar refractivity (Wildman–Crippen MR) is 148 cm³/mol. The zero-order chi connectivity index (χ0) is 26.5. The molecule has 4 heteroatoms. The predicted octanol–water partition coefficient (Wildman–Crippen LogP) is 6.34. The Kier molecular flexibility index (Phi) is 6.41. The fourth-order valence-corrected chi connectivity index (χ4v) is 8.58. The van der Waals surface area contributed by atoms with Crippen LogP contribution in [0.4, 0.5) is 0 Å². The molecule has 0 spiro atoms. The number of ketones is 1. The summed E-state index contributed by atoms with van der Waals surface area (Å²) in [6, 6.07) is 18.8. The van der Waals surface area contributed by atoms with Crippen LogP contribution in [0.15, 0.2) is 72.3 Å². The molecule has 0 bridgehead atoms. The number of fused-ring (bicyclic) bond motifs is 5. The molecule has 2 saturated carbocycles. The first-order valence-electron chi connectivity index (χ1n) is 14.2. The van der Waals surface area contributed by atoms with E-state index in [0.717, 1.165) is 36.8 Å². The van der Waals surface area contributed by atoms with Crippen LogP contribution < -0.4 is 0 Å². The number of benzene rings is 2. The Bertz CT molecular complexity index is 1320. The van der Waals surface area contributed by atoms with Crippen molar-refractivity contribution in [1.82, 2.24) is 0 Å². The topological polar surface area (TPSA) is 81.3 Å². The Labute approximate surface area is 225 Å². The first-order valence-corrected chi connectivity index (χ1v) is 14.2. The highest BCUT2D eigenvalue weighted by molar-refractivity contribution is 5.91. The Balaban J connectivity index is 1.39. The average molecular weight is 508 g/mol. The molecule has 0 heterocycles. The average Bonchev–Trinajstić information content (AvgIpc) is 3.21. The molecule has 2 fully saturated rings. The third-order valence-corrected chi connectivity index (χ3v) is 10.5. The van der Waals surface area contributed by atoms with Crippen LogP contribution in [0.1, 0.15) is 68.9 Å². The molecule has 0 aliphatic heterocycles. The van der Waals surface area contributed by atoms with E-state index in [4.69, 9.17) is 5.26 Å². The Hall–Kier alpha value is -3.00. The van der Waals surface area contributed by atoms with E-state index >= 15 is 0 Å². The minimum atomic E-state index is -0.912. The number of hydrogen-bond acceptors (Lipinski definition) is 4. The number of carbonyl (C=O) groups is 1. The lowest BCUT2D eigenvalue weighted by atomic mass is 9.46. The number of aliphatic hydroxyl groups excluding tert-OH is 1. The van der Waals surface area contributed by atoms with Crippen molar-refractivity contribution in [3.8, 4) is 17.2 Å². The van der Waals surface area contributed by atoms with Crippen LogP contribution in [0.5, 0.6) is 0 Å². The minimum absolute atomic E-state index is 0.0907. The Morgan fingerprint density at radius 1 is 1.00 bits per heavy atom. The van der Waals surface area contributed by atoms with Gasteiger partial charge in [-0.3, -0.25) is 4.79 Å². The number of carbonyl (C=O) groups excluding carboxylic acids is 1. The summed E-state index contributed by atoms with van der Waals surface area (Å²) in [4.78, 5) is 12.3. The normalized spacial score (nSPS) is 35.6. The second-order valence-electron chi connectivity index (χ2n) is 12.3. The largest absolute Gasteiger partial charge is 0.396 e. The van der Waals surface area contributed by atoms with E-state index in [2.05, 4.69) is 49.4 Å². The third kappa shape index (κ3) is 3.99. The summed E-state index contributed by atoms with van der Waals surface area (Å²) in [5, 5.41) is 30.6. The molecule has 2 N–H and O–H groups in total. The third-order valence-electron chi connectivity index (χ3n) is 10.5. The van der Waals surface area contributed by atoms with E-state index in [1.165, 1.54) is 11.1 Å². The molecule has 196 valence electrons. The summed E-state index contributed by atoms with van der Waals surface area (Å²) in [6.45, 7) is 2.37. The fraction of sp³-hybridized carbons (Fsp3) is 0.471. The highest BCUT2D eigenvalue weighted by Crippen LogP contribution is 2.66. The molecule has 4 nitrogen and oxygen atoms in total. The van der Waals surface area contributed by atoms with Crippen molar-refractivity contribution >= 4 is 5.78 Å². The summed E-state index contributed by atoms with van der Waals surface area (Å²) >= 11 is 0. The van der Waals surface area contributed by atoms with Crippen molar-refractivity contribution in [1.29, 1.82) is 5.26 Å². The second-order valence-corrected chi connectivity index (χ2v) is 12.3. The monoisotopic (exact) mass is 507 g/mol. The Morgan fingerprint density at radius 2 is 1.71 bits per heavy atom. The lowest BCUT2D eigenvalue weighted by Gasteiger charge is -2.59. The second kappa shape index (κ2) is 9.63. The van der Waals surface area contributed by atoms with Gasteiger partial charge in [0.15, 0.2) is 5.78 Å². The standard InChI is InChI=1S/C34H37NO3/c1-33-20-30(25-9-7-24(8-10-25)23-5-3-22(21-35)4-6-23)32-28-14-12-27(37)19-26(28)11-13-29(32)31(33)15-17-34(33,38)16-2-18-36/h3-10,15,17,19,28-32,36,38H,2,11-14,16,18,20H2,1H3/t28?,29?,30-,31?,32?,33+,34+/m1/s1. The molecule has 4 aliphatic rings. The van der Waals surface area contributed by atoms with Gasteiger partial charge in [-0.2, -0.15) is 5.26 Å². The summed E-state index contributed by atoms with van der Waals surface area (Å²) in [7, 11) is 0. The van der Waals surface area contributed by atoms with Gasteiger partial charge in [-0.05, 0) is 103 Å². The van der Waals surface area contributed by atoms with Crippen molar-refractivity contribution in [2.45, 2.75) is 63.4 Å². The van der Waals surface area contributed by atoms with Gasteiger partial charge in [-0.15, -0.1) is 0 Å². The van der Waals surface area contributed by atoms with Gasteiger partial charge >= 0.3 is 0 Å². The number of aliphatic hydroxyl groups is 2. The van der Waals surface area contributed by atoms with Crippen molar-refractivity contribution in [3.05, 3.63) is 83.5 Å². The molecule has 0 amide bonds. The highest BCUT2D eigenvalue weighted by Gasteiger charge is 2.62. The molecule has 0 radical (unpaired) electrons. The fourth-order valence-electron chi connectivity index (χ4n) is 8.58. The number of nitrogens with zero attached hydrogens (tertiary/aromatic N) is 1. The van der Waals surface area contributed by atoms with Gasteiger partial charge in [0.25, 0.3) is 0 Å². The van der Waals surface area contributed by atoms with Gasteiger partial charge in [0.05, 0.1) is 17.2 Å². The van der Waals surface area contributed by atoms with Crippen LogP contribution in [0, 0.1) is 40.4 Å². The molecule has 4 unspecified atom stereocenters. The molecule has 38 heavy (non-hydrogen) atoms. The van der Waals surface area contributed by atoms with E-state index in [1.54, 1.807) is 0 Å². The SMILES string of the molecule is C[C@]12C[C@H](c3ccc(-c4ccc(C#N)cc4)cc3)C3C4CCC(=O)C=C4CCC3C1C=C[C@@]2(O)CCCO. The summed E-state index contributed by atoms with van der Waals surface area (Å²) in [5.41, 5.74) is 4.35. The van der Waals surface area contributed by atoms with Gasteiger partial charge in [-0.25, -0.2) is 0 Å². The van der Waals surface area contributed by atoms with Gasteiger partial charge in [0.2, 0.25) is 0 Å². The Morgan fingerprint density at radius 3 is 2.39 bits per heavy atom. The number of hydrogen-bond donors (Lipinski definition) is 2. The van der Waals surface area contributed by atoms with Gasteiger partial charge in [-0.1, -0.05) is 61.0 Å². The van der Waals surface area contributed by atoms with Gasteiger partial charge in [0.1, 0.15) is 0 Å². The first-order chi connectivity index (χ1) is 18.4. The van der Waals surface area contributed by atoms with E-state index < -0.39 is 5.60 Å². The maximum Gasteiger partial charge on any atom is 0.155 e. The van der Waals surface area contributed by atoms with Crippen LogP contribution in [-0.2, 0) is 4.79 Å². The van der Waals surface area contributed by atoms with E-state index in [9.17, 15) is 15.0 Å². The summed E-state index contributed by atoms with van der Waals surface area (Å²) in [6.07, 6.45) is 12.0. The molecule has 6 rings (SSSR count). The molecule has 4 aliphatic carbocycles. The van der Waals surface area contributed by atoms with Crippen molar-refractivity contribution in [2.24, 2.45) is 29.1 Å². The number of nitriles is 1. The quantitative estimate of drug-likeness (QED) is 0.463. The lowest BCUT2D eigenvalue weighted by Crippen LogP contribution is -2.55. The molecule has 0 saturated heterocycles. The van der Waals surface area contributed by atoms with Crippen LogP contribution in [0.2, 0.25) is 0 Å². The number of rotatable bonds is 5. The maximum absolute atomic E-state index is 12.3. The molecule has 2 aromatic carbocycles. The highest BCUT2D eigenvalue weighted by atomic mass is 16.3. The molecular formula is C34H37NO3. The van der Waals surface area contributed by atoms with E-state index in [-0.39, 0.29) is 17.8 Å². The molecule has 0 aromatic heterocycles. The van der Waals surface area contributed by atoms with Crippen LogP contribution in [0.25, 0.3) is 11.1 Å². The summed E-state index contributed by atoms with van der Waals surface area (Å²) < 4.78 is 0. The zero-order valence-corrected chi connectivity index (χ0v) is 22.1. The minimum Gasteiger partial charge on any atom is -0.396 e. The zero-order valence-electron chi connectivity index (χ0n) is 22.1. The first kappa shape index (κ1) is 25.3. The summed E-state index contributed by atoms with van der Waals surface area (Å²) in [5.74, 6) is 2.22. The van der Waals surface area contributed by atoms with Crippen LogP contribution >= 0.6 is 0 Å². The molecule has 7 atom stereocenters. The number of allylic oxidation sites excluding steroid dienone is 3. The van der Waals surface area contributed by atoms with Crippen LogP contribution in [0.3, 0.4) is 0 Å². The lowest BCUT2D eigenvalue weighted by molar-refractivity contribution is -0.121.